The Bertz CT molecular complexity index is 1470. The quantitative estimate of drug-likeness (QED) is 0.180. The van der Waals surface area contributed by atoms with Gasteiger partial charge in [-0.3, -0.25) is 4.90 Å². The fraction of sp³-hybridized carbons (Fsp3) is 0.448. The van der Waals surface area contributed by atoms with Crippen molar-refractivity contribution in [2.45, 2.75) is 62.6 Å². The third-order valence-electron chi connectivity index (χ3n) is 7.07. The van der Waals surface area contributed by atoms with Crippen molar-refractivity contribution < 1.29 is 31.1 Å². The van der Waals surface area contributed by atoms with Crippen LogP contribution in [0.1, 0.15) is 32.9 Å². The Balaban J connectivity index is 1.58. The van der Waals surface area contributed by atoms with Gasteiger partial charge in [-0.15, -0.1) is 0 Å². The van der Waals surface area contributed by atoms with E-state index in [-0.39, 0.29) is 29.2 Å². The Hall–Kier alpha value is -3.27. The van der Waals surface area contributed by atoms with Gasteiger partial charge in [0.25, 0.3) is 0 Å². The van der Waals surface area contributed by atoms with E-state index in [1.165, 1.54) is 19.2 Å². The monoisotopic (exact) mass is 594 g/mol. The fourth-order valence-electron chi connectivity index (χ4n) is 4.94. The molecule has 222 valence electrons. The average Bonchev–Trinajstić information content (AvgIpc) is 3.23. The summed E-state index contributed by atoms with van der Waals surface area (Å²) in [5.41, 5.74) is 1.44. The molecule has 1 aliphatic rings. The fourth-order valence-corrected chi connectivity index (χ4v) is 5.33. The number of hydrogen-bond donors (Lipinski definition) is 3. The van der Waals surface area contributed by atoms with Gasteiger partial charge in [0.15, 0.2) is 11.1 Å². The van der Waals surface area contributed by atoms with Gasteiger partial charge in [0.1, 0.15) is 18.5 Å². The highest BCUT2D eigenvalue weighted by molar-refractivity contribution is 7.79. The van der Waals surface area contributed by atoms with Crippen molar-refractivity contribution in [3.63, 3.8) is 0 Å². The first-order chi connectivity index (χ1) is 19.3. The van der Waals surface area contributed by atoms with E-state index in [2.05, 4.69) is 27.4 Å². The number of rotatable bonds is 7. The van der Waals surface area contributed by atoms with Crippen molar-refractivity contribution in [3.8, 4) is 17.6 Å². The van der Waals surface area contributed by atoms with Crippen molar-refractivity contribution in [2.24, 2.45) is 0 Å². The number of nitrogens with zero attached hydrogens (tertiary/aromatic N) is 2. The maximum Gasteiger partial charge on any atom is 0.406 e. The molecule has 0 amide bonds. The van der Waals surface area contributed by atoms with Crippen LogP contribution in [0.2, 0.25) is 0 Å². The van der Waals surface area contributed by atoms with Gasteiger partial charge >= 0.3 is 6.18 Å². The summed E-state index contributed by atoms with van der Waals surface area (Å²) in [7, 11) is 1.41. The second-order valence-corrected chi connectivity index (χ2v) is 11.9. The van der Waals surface area contributed by atoms with E-state index in [0.29, 0.717) is 41.0 Å². The average molecular weight is 595 g/mol. The molecule has 3 aromatic rings. The zero-order chi connectivity index (χ0) is 29.9. The van der Waals surface area contributed by atoms with Crippen molar-refractivity contribution in [1.82, 2.24) is 9.47 Å². The van der Waals surface area contributed by atoms with Gasteiger partial charge in [0, 0.05) is 35.8 Å². The minimum atomic E-state index is -4.48. The summed E-state index contributed by atoms with van der Waals surface area (Å²) in [4.78, 5) is 2.26. The summed E-state index contributed by atoms with van der Waals surface area (Å²) in [6, 6.07) is 10.6. The molecule has 1 fully saturated rings. The molecule has 0 spiro atoms. The highest BCUT2D eigenvalue weighted by Crippen LogP contribution is 2.32. The van der Waals surface area contributed by atoms with E-state index in [1.54, 1.807) is 30.3 Å². The van der Waals surface area contributed by atoms with Gasteiger partial charge in [-0.1, -0.05) is 12.0 Å². The summed E-state index contributed by atoms with van der Waals surface area (Å²) in [6.07, 6.45) is -5.05. The first-order valence-electron chi connectivity index (χ1n) is 13.1. The number of ether oxygens (including phenoxy) is 1. The number of likely N-dealkylation sites (tertiary alicyclic amines) is 1. The molecule has 3 N–H and O–H groups in total. The molecule has 4 rings (SSSR count). The molecule has 12 heteroatoms. The molecule has 3 atom stereocenters. The van der Waals surface area contributed by atoms with Crippen LogP contribution in [0.4, 0.5) is 28.9 Å². The number of alkyl halides is 4. The Morgan fingerprint density at radius 2 is 1.90 bits per heavy atom. The Morgan fingerprint density at radius 1 is 1.15 bits per heavy atom. The zero-order valence-electron chi connectivity index (χ0n) is 23.3. The molecule has 1 aliphatic heterocycles. The smallest absolute Gasteiger partial charge is 0.406 e. The first kappa shape index (κ1) is 30.7. The van der Waals surface area contributed by atoms with Gasteiger partial charge in [-0.2, -0.15) is 13.2 Å². The van der Waals surface area contributed by atoms with E-state index in [1.807, 2.05) is 20.8 Å². The predicted octanol–water partition coefficient (Wildman–Crippen LogP) is 5.88. The van der Waals surface area contributed by atoms with E-state index in [4.69, 9.17) is 4.74 Å². The maximum atomic E-state index is 15.2. The van der Waals surface area contributed by atoms with Gasteiger partial charge < -0.3 is 24.5 Å². The lowest BCUT2D eigenvalue weighted by Crippen LogP contribution is -2.54. The van der Waals surface area contributed by atoms with Crippen molar-refractivity contribution >= 4 is 33.4 Å². The molecular formula is C29H34F4N4O3S. The molecule has 41 heavy (non-hydrogen) atoms. The normalized spacial score (nSPS) is 19.0. The second-order valence-electron chi connectivity index (χ2n) is 10.9. The molecule has 1 unspecified atom stereocenters. The molecule has 2 heterocycles. The number of anilines is 2. The van der Waals surface area contributed by atoms with Crippen LogP contribution >= 0.6 is 0 Å². The van der Waals surface area contributed by atoms with E-state index < -0.39 is 36.0 Å². The Labute approximate surface area is 239 Å². The van der Waals surface area contributed by atoms with E-state index >= 15 is 4.39 Å². The lowest BCUT2D eigenvalue weighted by molar-refractivity contribution is -0.140. The van der Waals surface area contributed by atoms with Gasteiger partial charge in [-0.25, -0.2) is 8.60 Å². The molecule has 0 saturated carbocycles. The highest BCUT2D eigenvalue weighted by atomic mass is 32.2. The third kappa shape index (κ3) is 7.52. The molecule has 0 bridgehead atoms. The number of aromatic nitrogens is 1. The van der Waals surface area contributed by atoms with Crippen molar-refractivity contribution in [2.75, 3.05) is 37.4 Å². The summed E-state index contributed by atoms with van der Waals surface area (Å²) < 4.78 is 82.8. The number of benzene rings is 2. The number of fused-ring (bicyclic) bond motifs is 1. The standard InChI is InChI=1S/C29H34F4N4O3S/c1-28(2,3)36-14-12-24(22(30)17-36)35-23-8-5-9-26-21(23)15-19(37(26)18-29(31,32)33)7-6-13-34-25-11-10-20(41(38)39)16-27(25)40-4/h5,8-11,15-16,22,24,34-35H,12-14,17-18H2,1-4H3,(H,38,39)/t22-,24+/m1/s1. The minimum Gasteiger partial charge on any atom is -0.495 e. The highest BCUT2D eigenvalue weighted by Gasteiger charge is 2.34. The van der Waals surface area contributed by atoms with Gasteiger partial charge in [0.2, 0.25) is 0 Å². The second kappa shape index (κ2) is 12.3. The molecule has 2 aromatic carbocycles. The molecule has 0 radical (unpaired) electrons. The summed E-state index contributed by atoms with van der Waals surface area (Å²) >= 11 is -2.17. The molecular weight excluding hydrogens is 560 g/mol. The molecule has 1 saturated heterocycles. The molecule has 7 nitrogen and oxygen atoms in total. The SMILES string of the molecule is COc1cc(S(=O)O)ccc1NCC#Cc1cc2c(N[C@H]3CCN(C(C)(C)C)C[C@H]3F)cccc2n1CC(F)(F)F. The Morgan fingerprint density at radius 3 is 2.54 bits per heavy atom. The Kier molecular flexibility index (Phi) is 9.21. The van der Waals surface area contributed by atoms with Crippen LogP contribution in [0.3, 0.4) is 0 Å². The molecule has 1 aromatic heterocycles. The van der Waals surface area contributed by atoms with Crippen LogP contribution in [0.5, 0.6) is 5.75 Å². The lowest BCUT2D eigenvalue weighted by Gasteiger charge is -2.42. The van der Waals surface area contributed by atoms with E-state index in [9.17, 15) is 21.9 Å². The van der Waals surface area contributed by atoms with Crippen LogP contribution in [0.25, 0.3) is 10.9 Å². The maximum absolute atomic E-state index is 15.2. The number of piperidine rings is 1. The van der Waals surface area contributed by atoms with Crippen LogP contribution in [-0.4, -0.2) is 68.9 Å². The van der Waals surface area contributed by atoms with Crippen LogP contribution < -0.4 is 15.4 Å². The largest absolute Gasteiger partial charge is 0.495 e. The number of hydrogen-bond acceptors (Lipinski definition) is 5. The zero-order valence-corrected chi connectivity index (χ0v) is 24.1. The van der Waals surface area contributed by atoms with Gasteiger partial charge in [-0.05, 0) is 63.4 Å². The summed E-state index contributed by atoms with van der Waals surface area (Å²) in [5.74, 6) is 6.02. The third-order valence-corrected chi connectivity index (χ3v) is 7.73. The number of nitrogens with one attached hydrogen (secondary N) is 2. The van der Waals surface area contributed by atoms with Crippen LogP contribution in [-0.2, 0) is 17.6 Å². The minimum absolute atomic E-state index is 0.0758. The van der Waals surface area contributed by atoms with Crippen LogP contribution in [0.15, 0.2) is 47.4 Å². The van der Waals surface area contributed by atoms with Gasteiger partial charge in [0.05, 0.1) is 41.5 Å². The van der Waals surface area contributed by atoms with E-state index in [0.717, 1.165) is 4.57 Å². The summed E-state index contributed by atoms with van der Waals surface area (Å²) in [6.45, 7) is 5.98. The van der Waals surface area contributed by atoms with Crippen molar-refractivity contribution in [1.29, 1.82) is 0 Å². The molecule has 0 aliphatic carbocycles. The lowest BCUT2D eigenvalue weighted by atomic mass is 9.96. The van der Waals surface area contributed by atoms with Crippen LogP contribution in [0, 0.1) is 11.8 Å². The topological polar surface area (TPSA) is 78.8 Å². The number of halogens is 4. The number of methoxy groups -OCH3 is 1. The first-order valence-corrected chi connectivity index (χ1v) is 14.2. The summed E-state index contributed by atoms with van der Waals surface area (Å²) in [5, 5.41) is 6.81. The predicted molar refractivity (Wildman–Crippen MR) is 154 cm³/mol. The van der Waals surface area contributed by atoms with Crippen molar-refractivity contribution in [3.05, 3.63) is 48.2 Å².